The summed E-state index contributed by atoms with van der Waals surface area (Å²) in [6.45, 7) is 7.63. The number of benzene rings is 1. The molecule has 0 bridgehead atoms. The van der Waals surface area contributed by atoms with Crippen LogP contribution < -0.4 is 10.6 Å². The molecule has 0 spiro atoms. The second-order valence-corrected chi connectivity index (χ2v) is 6.76. The molecule has 0 aliphatic carbocycles. The predicted molar refractivity (Wildman–Crippen MR) is 95.1 cm³/mol. The van der Waals surface area contributed by atoms with Crippen LogP contribution in [0.2, 0.25) is 0 Å². The molecule has 1 aromatic heterocycles. The second kappa shape index (κ2) is 7.18. The lowest BCUT2D eigenvalue weighted by Gasteiger charge is -2.27. The third kappa shape index (κ3) is 3.67. The summed E-state index contributed by atoms with van der Waals surface area (Å²) in [7, 11) is 0. The smallest absolute Gasteiger partial charge is 0.223 e. The van der Waals surface area contributed by atoms with Crippen molar-refractivity contribution in [2.45, 2.75) is 46.2 Å². The van der Waals surface area contributed by atoms with Crippen molar-refractivity contribution < 1.29 is 4.79 Å². The van der Waals surface area contributed by atoms with Gasteiger partial charge in [0, 0.05) is 24.2 Å². The molecule has 24 heavy (non-hydrogen) atoms. The molecule has 0 saturated carbocycles. The lowest BCUT2D eigenvalue weighted by Crippen LogP contribution is -2.42. The molecular weight excluding hydrogens is 300 g/mol. The molecular formula is C19H26N4O. The van der Waals surface area contributed by atoms with Crippen molar-refractivity contribution >= 4 is 5.91 Å². The molecule has 2 N–H and O–H groups in total. The van der Waals surface area contributed by atoms with E-state index in [9.17, 15) is 4.79 Å². The molecule has 2 atom stereocenters. The molecule has 1 amide bonds. The van der Waals surface area contributed by atoms with Crippen LogP contribution in [-0.2, 0) is 11.3 Å². The minimum atomic E-state index is 0.113. The van der Waals surface area contributed by atoms with Crippen LogP contribution in [0.15, 0.2) is 30.3 Å². The van der Waals surface area contributed by atoms with Crippen LogP contribution in [0.1, 0.15) is 36.7 Å². The third-order valence-corrected chi connectivity index (χ3v) is 4.68. The van der Waals surface area contributed by atoms with Crippen LogP contribution >= 0.6 is 0 Å². The lowest BCUT2D eigenvalue weighted by atomic mass is 9.92. The first-order valence-corrected chi connectivity index (χ1v) is 8.67. The number of nitrogens with one attached hydrogen (secondary N) is 2. The van der Waals surface area contributed by atoms with Gasteiger partial charge in [0.05, 0.1) is 11.4 Å². The van der Waals surface area contributed by atoms with Gasteiger partial charge in [-0.3, -0.25) is 4.79 Å². The van der Waals surface area contributed by atoms with E-state index in [4.69, 9.17) is 0 Å². The van der Waals surface area contributed by atoms with Gasteiger partial charge >= 0.3 is 0 Å². The van der Waals surface area contributed by atoms with Gasteiger partial charge in [0.2, 0.25) is 5.91 Å². The molecule has 1 aliphatic rings. The zero-order valence-electron chi connectivity index (χ0n) is 14.7. The van der Waals surface area contributed by atoms with Crippen LogP contribution in [0.5, 0.6) is 0 Å². The minimum Gasteiger partial charge on any atom is -0.352 e. The highest BCUT2D eigenvalue weighted by Crippen LogP contribution is 2.19. The normalized spacial score (nSPS) is 20.8. The first-order valence-electron chi connectivity index (χ1n) is 8.67. The summed E-state index contributed by atoms with van der Waals surface area (Å²) < 4.78 is 1.95. The molecule has 128 valence electrons. The number of hydrogen-bond acceptors (Lipinski definition) is 3. The highest BCUT2D eigenvalue weighted by Gasteiger charge is 2.24. The molecule has 1 aliphatic heterocycles. The molecule has 5 heteroatoms. The van der Waals surface area contributed by atoms with Gasteiger partial charge in [-0.1, -0.05) is 18.2 Å². The van der Waals surface area contributed by atoms with Gasteiger partial charge in [-0.15, -0.1) is 0 Å². The first-order chi connectivity index (χ1) is 11.5. The van der Waals surface area contributed by atoms with Crippen molar-refractivity contribution in [1.29, 1.82) is 0 Å². The quantitative estimate of drug-likeness (QED) is 0.907. The number of carbonyl (C=O) groups excluding carboxylic acids is 1. The number of aryl methyl sites for hydroxylation is 2. The number of para-hydroxylation sites is 1. The number of piperidine rings is 1. The van der Waals surface area contributed by atoms with Crippen LogP contribution in [0.25, 0.3) is 5.69 Å². The van der Waals surface area contributed by atoms with Gasteiger partial charge < -0.3 is 10.6 Å². The number of nitrogens with zero attached hydrogens (tertiary/aromatic N) is 2. The van der Waals surface area contributed by atoms with Crippen molar-refractivity contribution in [3.63, 3.8) is 0 Å². The molecule has 2 aromatic rings. The van der Waals surface area contributed by atoms with E-state index in [1.54, 1.807) is 0 Å². The first kappa shape index (κ1) is 16.7. The number of amides is 1. The molecule has 1 aromatic carbocycles. The predicted octanol–water partition coefficient (Wildman–Crippen LogP) is 2.49. The summed E-state index contributed by atoms with van der Waals surface area (Å²) in [6.07, 6.45) is 1.82. The van der Waals surface area contributed by atoms with Crippen LogP contribution in [0.4, 0.5) is 0 Å². The Morgan fingerprint density at radius 3 is 2.88 bits per heavy atom. The van der Waals surface area contributed by atoms with Gasteiger partial charge in [0.1, 0.15) is 0 Å². The summed E-state index contributed by atoms with van der Waals surface area (Å²) in [5.41, 5.74) is 4.20. The standard InChI is InChI=1S/C19H26N4O/c1-13-11-16(8-9-20-13)19(24)21-12-17-6-4-5-7-18(17)23-15(3)10-14(2)22-23/h4-7,10,13,16,20H,8-9,11-12H2,1-3H3,(H,21,24)/t13-,16-/m0/s1. The van der Waals surface area contributed by atoms with E-state index in [-0.39, 0.29) is 11.8 Å². The Morgan fingerprint density at radius 1 is 1.38 bits per heavy atom. The fraction of sp³-hybridized carbons (Fsp3) is 0.474. The Hall–Kier alpha value is -2.14. The Morgan fingerprint density at radius 2 is 2.17 bits per heavy atom. The zero-order valence-corrected chi connectivity index (χ0v) is 14.7. The largest absolute Gasteiger partial charge is 0.352 e. The maximum absolute atomic E-state index is 12.5. The van der Waals surface area contributed by atoms with Gasteiger partial charge in [0.25, 0.3) is 0 Å². The molecule has 2 heterocycles. The number of aromatic nitrogens is 2. The van der Waals surface area contributed by atoms with Crippen molar-refractivity contribution in [2.24, 2.45) is 5.92 Å². The van der Waals surface area contributed by atoms with E-state index in [1.165, 1.54) is 0 Å². The van der Waals surface area contributed by atoms with Gasteiger partial charge in [-0.2, -0.15) is 5.10 Å². The Balaban J connectivity index is 1.72. The zero-order chi connectivity index (χ0) is 17.1. The number of hydrogen-bond donors (Lipinski definition) is 2. The van der Waals surface area contributed by atoms with Crippen molar-refractivity contribution in [1.82, 2.24) is 20.4 Å². The minimum absolute atomic E-state index is 0.113. The fourth-order valence-electron chi connectivity index (χ4n) is 3.44. The maximum Gasteiger partial charge on any atom is 0.223 e. The highest BCUT2D eigenvalue weighted by molar-refractivity contribution is 5.78. The van der Waals surface area contributed by atoms with E-state index in [0.29, 0.717) is 12.6 Å². The molecule has 3 rings (SSSR count). The summed E-state index contributed by atoms with van der Waals surface area (Å²) in [5.74, 6) is 0.272. The fourth-order valence-corrected chi connectivity index (χ4v) is 3.44. The molecule has 1 fully saturated rings. The molecule has 1 saturated heterocycles. The van der Waals surface area contributed by atoms with Crippen molar-refractivity contribution in [3.05, 3.63) is 47.3 Å². The topological polar surface area (TPSA) is 59.0 Å². The van der Waals surface area contributed by atoms with Crippen molar-refractivity contribution in [3.8, 4) is 5.69 Å². The monoisotopic (exact) mass is 326 g/mol. The molecule has 0 unspecified atom stereocenters. The van der Waals surface area contributed by atoms with Crippen LogP contribution in [0, 0.1) is 19.8 Å². The van der Waals surface area contributed by atoms with Crippen LogP contribution in [-0.4, -0.2) is 28.3 Å². The summed E-state index contributed by atoms with van der Waals surface area (Å²) in [6, 6.07) is 10.6. The van der Waals surface area contributed by atoms with Gasteiger partial charge in [0.15, 0.2) is 0 Å². The highest BCUT2D eigenvalue weighted by atomic mass is 16.1. The molecule has 5 nitrogen and oxygen atoms in total. The number of rotatable bonds is 4. The Labute approximate surface area is 143 Å². The summed E-state index contributed by atoms with van der Waals surface area (Å²) in [4.78, 5) is 12.5. The third-order valence-electron chi connectivity index (χ3n) is 4.68. The van der Waals surface area contributed by atoms with E-state index in [0.717, 1.165) is 42.0 Å². The SMILES string of the molecule is Cc1cc(C)n(-c2ccccc2CNC(=O)[C@H]2CCN[C@@H](C)C2)n1. The van der Waals surface area contributed by atoms with E-state index < -0.39 is 0 Å². The Kier molecular flexibility index (Phi) is 5.00. The maximum atomic E-state index is 12.5. The summed E-state index contributed by atoms with van der Waals surface area (Å²) >= 11 is 0. The van der Waals surface area contributed by atoms with E-state index in [2.05, 4.69) is 34.8 Å². The Bertz CT molecular complexity index is 722. The van der Waals surface area contributed by atoms with Crippen molar-refractivity contribution in [2.75, 3.05) is 6.54 Å². The van der Waals surface area contributed by atoms with Gasteiger partial charge in [-0.05, 0) is 57.9 Å². The molecule has 0 radical (unpaired) electrons. The van der Waals surface area contributed by atoms with E-state index >= 15 is 0 Å². The summed E-state index contributed by atoms with van der Waals surface area (Å²) in [5, 5.41) is 11.1. The lowest BCUT2D eigenvalue weighted by molar-refractivity contribution is -0.126. The van der Waals surface area contributed by atoms with Gasteiger partial charge in [-0.25, -0.2) is 4.68 Å². The van der Waals surface area contributed by atoms with E-state index in [1.807, 2.05) is 36.7 Å². The van der Waals surface area contributed by atoms with Crippen LogP contribution in [0.3, 0.4) is 0 Å². The average molecular weight is 326 g/mol. The average Bonchev–Trinajstić information content (AvgIpc) is 2.91. The second-order valence-electron chi connectivity index (χ2n) is 6.76. The number of carbonyl (C=O) groups is 1.